The molecule has 0 spiro atoms. The van der Waals surface area contributed by atoms with E-state index in [-0.39, 0.29) is 0 Å². The average Bonchev–Trinajstić information content (AvgIpc) is 2.13. The van der Waals surface area contributed by atoms with Crippen LogP contribution in [0.5, 0.6) is 0 Å². The van der Waals surface area contributed by atoms with E-state index >= 15 is 0 Å². The Morgan fingerprint density at radius 2 is 2.44 bits per heavy atom. The number of allylic oxidation sites excluding steroid dienone is 1. The molecule has 0 aromatic carbocycles. The van der Waals surface area contributed by atoms with Crippen molar-refractivity contribution < 1.29 is 4.42 Å². The summed E-state index contributed by atoms with van der Waals surface area (Å²) < 4.78 is 4.99. The fourth-order valence-corrected chi connectivity index (χ4v) is 0.856. The fourth-order valence-electron chi connectivity index (χ4n) is 0.598. The zero-order chi connectivity index (χ0) is 6.85. The summed E-state index contributed by atoms with van der Waals surface area (Å²) in [4.78, 5) is 0. The molecule has 0 amide bonds. The third-order valence-corrected chi connectivity index (χ3v) is 1.30. The van der Waals surface area contributed by atoms with Crippen LogP contribution in [0.3, 0.4) is 0 Å². The molecular formula is C7H7ClO. The summed E-state index contributed by atoms with van der Waals surface area (Å²) in [5, 5.41) is 0.627. The Morgan fingerprint density at radius 3 is 2.67 bits per heavy atom. The van der Waals surface area contributed by atoms with Crippen LogP contribution < -0.4 is 0 Å². The maximum Gasteiger partial charge on any atom is 0.147 e. The highest BCUT2D eigenvalue weighted by Crippen LogP contribution is 2.22. The molecule has 0 fully saturated rings. The first-order chi connectivity index (χ1) is 4.22. The number of halogens is 1. The number of rotatable bonds is 1. The SMILES string of the molecule is C=C(C)c1occc1Cl. The normalized spacial score (nSPS) is 9.56. The standard InChI is InChI=1S/C7H7ClO/c1-5(2)7-6(8)3-4-9-7/h3-4H,1H2,2H3. The first-order valence-corrected chi connectivity index (χ1v) is 2.98. The summed E-state index contributed by atoms with van der Waals surface area (Å²) in [6.07, 6.45) is 1.55. The van der Waals surface area contributed by atoms with Crippen molar-refractivity contribution in [1.29, 1.82) is 0 Å². The molecule has 0 saturated heterocycles. The Balaban J connectivity index is 3.08. The summed E-state index contributed by atoms with van der Waals surface area (Å²) in [7, 11) is 0. The van der Waals surface area contributed by atoms with Gasteiger partial charge in [0, 0.05) is 0 Å². The maximum atomic E-state index is 5.68. The van der Waals surface area contributed by atoms with E-state index in [1.807, 2.05) is 6.92 Å². The topological polar surface area (TPSA) is 13.1 Å². The van der Waals surface area contributed by atoms with E-state index < -0.39 is 0 Å². The summed E-state index contributed by atoms with van der Waals surface area (Å²) in [6, 6.07) is 1.70. The maximum absolute atomic E-state index is 5.68. The van der Waals surface area contributed by atoms with E-state index in [0.717, 1.165) is 5.57 Å². The largest absolute Gasteiger partial charge is 0.463 e. The summed E-state index contributed by atoms with van der Waals surface area (Å²) in [6.45, 7) is 5.53. The van der Waals surface area contributed by atoms with Crippen LogP contribution in [0.15, 0.2) is 23.3 Å². The quantitative estimate of drug-likeness (QED) is 0.588. The van der Waals surface area contributed by atoms with Gasteiger partial charge in [-0.15, -0.1) is 0 Å². The van der Waals surface area contributed by atoms with Crippen molar-refractivity contribution in [3.05, 3.63) is 29.7 Å². The van der Waals surface area contributed by atoms with Crippen LogP contribution in [0.4, 0.5) is 0 Å². The van der Waals surface area contributed by atoms with Gasteiger partial charge in [-0.2, -0.15) is 0 Å². The molecule has 0 N–H and O–H groups in total. The second kappa shape index (κ2) is 2.28. The smallest absolute Gasteiger partial charge is 0.147 e. The molecule has 0 saturated carbocycles. The molecule has 48 valence electrons. The van der Waals surface area contributed by atoms with Gasteiger partial charge in [0.25, 0.3) is 0 Å². The summed E-state index contributed by atoms with van der Waals surface area (Å²) in [5.74, 6) is 0.677. The number of hydrogen-bond acceptors (Lipinski definition) is 1. The molecule has 9 heavy (non-hydrogen) atoms. The molecule has 2 heteroatoms. The highest BCUT2D eigenvalue weighted by molar-refractivity contribution is 6.32. The molecule has 1 heterocycles. The zero-order valence-electron chi connectivity index (χ0n) is 5.15. The summed E-state index contributed by atoms with van der Waals surface area (Å²) >= 11 is 5.68. The molecule has 1 aromatic heterocycles. The molecule has 0 unspecified atom stereocenters. The van der Waals surface area contributed by atoms with Crippen molar-refractivity contribution in [2.24, 2.45) is 0 Å². The fraction of sp³-hybridized carbons (Fsp3) is 0.143. The van der Waals surface area contributed by atoms with Crippen molar-refractivity contribution in [3.63, 3.8) is 0 Å². The van der Waals surface area contributed by atoms with E-state index in [1.54, 1.807) is 12.3 Å². The second-order valence-electron chi connectivity index (χ2n) is 1.88. The monoisotopic (exact) mass is 142 g/mol. The van der Waals surface area contributed by atoms with Gasteiger partial charge in [0.05, 0.1) is 11.3 Å². The molecule has 0 atom stereocenters. The molecule has 1 rings (SSSR count). The Hall–Kier alpha value is -0.690. The van der Waals surface area contributed by atoms with Gasteiger partial charge in [0.2, 0.25) is 0 Å². The molecule has 0 aliphatic heterocycles. The zero-order valence-corrected chi connectivity index (χ0v) is 5.90. The molecule has 0 bridgehead atoms. The van der Waals surface area contributed by atoms with Crippen molar-refractivity contribution >= 4 is 17.2 Å². The van der Waals surface area contributed by atoms with Crippen molar-refractivity contribution in [3.8, 4) is 0 Å². The summed E-state index contributed by atoms with van der Waals surface area (Å²) in [5.41, 5.74) is 0.852. The minimum absolute atomic E-state index is 0.627. The predicted octanol–water partition coefficient (Wildman–Crippen LogP) is 2.97. The lowest BCUT2D eigenvalue weighted by Gasteiger charge is -1.90. The first-order valence-electron chi connectivity index (χ1n) is 2.60. The van der Waals surface area contributed by atoms with Crippen LogP contribution in [-0.4, -0.2) is 0 Å². The van der Waals surface area contributed by atoms with Crippen molar-refractivity contribution in [2.75, 3.05) is 0 Å². The van der Waals surface area contributed by atoms with Crippen LogP contribution in [0.2, 0.25) is 5.02 Å². The van der Waals surface area contributed by atoms with Crippen LogP contribution in [0, 0.1) is 0 Å². The minimum Gasteiger partial charge on any atom is -0.463 e. The predicted molar refractivity (Wildman–Crippen MR) is 38.4 cm³/mol. The van der Waals surface area contributed by atoms with Crippen LogP contribution in [-0.2, 0) is 0 Å². The van der Waals surface area contributed by atoms with E-state index in [4.69, 9.17) is 16.0 Å². The van der Waals surface area contributed by atoms with Gasteiger partial charge in [0.15, 0.2) is 0 Å². The first kappa shape index (κ1) is 6.43. The molecule has 0 radical (unpaired) electrons. The van der Waals surface area contributed by atoms with Crippen LogP contribution >= 0.6 is 11.6 Å². The minimum atomic E-state index is 0.627. The Kier molecular flexibility index (Phi) is 1.63. The van der Waals surface area contributed by atoms with E-state index in [0.29, 0.717) is 10.8 Å². The van der Waals surface area contributed by atoms with Gasteiger partial charge in [-0.3, -0.25) is 0 Å². The molecule has 1 aromatic rings. The molecule has 0 aliphatic carbocycles. The van der Waals surface area contributed by atoms with Gasteiger partial charge in [0.1, 0.15) is 5.76 Å². The third kappa shape index (κ3) is 1.16. The van der Waals surface area contributed by atoms with E-state index in [9.17, 15) is 0 Å². The van der Waals surface area contributed by atoms with E-state index in [2.05, 4.69) is 6.58 Å². The average molecular weight is 143 g/mol. The second-order valence-corrected chi connectivity index (χ2v) is 2.29. The van der Waals surface area contributed by atoms with Gasteiger partial charge in [-0.1, -0.05) is 18.2 Å². The van der Waals surface area contributed by atoms with Gasteiger partial charge < -0.3 is 4.42 Å². The van der Waals surface area contributed by atoms with Crippen LogP contribution in [0.25, 0.3) is 5.57 Å². The van der Waals surface area contributed by atoms with Crippen LogP contribution in [0.1, 0.15) is 12.7 Å². The highest BCUT2D eigenvalue weighted by atomic mass is 35.5. The lowest BCUT2D eigenvalue weighted by atomic mass is 10.3. The van der Waals surface area contributed by atoms with Gasteiger partial charge in [-0.25, -0.2) is 0 Å². The molecule has 1 nitrogen and oxygen atoms in total. The molecule has 0 aliphatic rings. The van der Waals surface area contributed by atoms with E-state index in [1.165, 1.54) is 0 Å². The number of hydrogen-bond donors (Lipinski definition) is 0. The van der Waals surface area contributed by atoms with Gasteiger partial charge >= 0.3 is 0 Å². The van der Waals surface area contributed by atoms with Crippen molar-refractivity contribution in [1.82, 2.24) is 0 Å². The number of furan rings is 1. The van der Waals surface area contributed by atoms with Crippen molar-refractivity contribution in [2.45, 2.75) is 6.92 Å². The third-order valence-electron chi connectivity index (χ3n) is 1.00. The lowest BCUT2D eigenvalue weighted by Crippen LogP contribution is -1.69. The lowest BCUT2D eigenvalue weighted by molar-refractivity contribution is 0.553. The Morgan fingerprint density at radius 1 is 1.78 bits per heavy atom. The molecular weight excluding hydrogens is 136 g/mol. The highest BCUT2D eigenvalue weighted by Gasteiger charge is 2.01. The Bertz CT molecular complexity index is 225. The Labute approximate surface area is 58.9 Å². The van der Waals surface area contributed by atoms with Gasteiger partial charge in [-0.05, 0) is 18.6 Å².